The van der Waals surface area contributed by atoms with Gasteiger partial charge >= 0.3 is 0 Å². The molecule has 5 nitrogen and oxygen atoms in total. The molecule has 3 rings (SSSR count). The van der Waals surface area contributed by atoms with Crippen molar-refractivity contribution in [2.75, 3.05) is 19.7 Å². The van der Waals surface area contributed by atoms with Crippen LogP contribution in [0.3, 0.4) is 0 Å². The van der Waals surface area contributed by atoms with E-state index in [4.69, 9.17) is 15.2 Å². The highest BCUT2D eigenvalue weighted by molar-refractivity contribution is 5.77. The second-order valence-corrected chi connectivity index (χ2v) is 7.05. The molecule has 1 unspecified atom stereocenters. The van der Waals surface area contributed by atoms with Crippen molar-refractivity contribution in [1.82, 2.24) is 5.32 Å². The van der Waals surface area contributed by atoms with Crippen LogP contribution in [-0.2, 0) is 9.47 Å². The van der Waals surface area contributed by atoms with Gasteiger partial charge in [0, 0.05) is 25.9 Å². The van der Waals surface area contributed by atoms with E-state index in [1.165, 1.54) is 32.1 Å². The maximum atomic E-state index is 6.15. The van der Waals surface area contributed by atoms with Gasteiger partial charge in [-0.05, 0) is 37.5 Å². The smallest absolute Gasteiger partial charge is 0.188 e. The van der Waals surface area contributed by atoms with Crippen molar-refractivity contribution in [2.45, 2.75) is 63.8 Å². The van der Waals surface area contributed by atoms with Crippen LogP contribution in [0.5, 0.6) is 0 Å². The summed E-state index contributed by atoms with van der Waals surface area (Å²) in [6.07, 6.45) is 8.49. The van der Waals surface area contributed by atoms with E-state index in [0.717, 1.165) is 31.2 Å². The third-order valence-corrected chi connectivity index (χ3v) is 5.21. The minimum Gasteiger partial charge on any atom is -0.370 e. The van der Waals surface area contributed by atoms with Gasteiger partial charge in [-0.3, -0.25) is 4.99 Å². The standard InChI is InChI=1S/C16H29N3O2/c1-12-5-7-16(8-6-12)20-11-14(21-16)10-19-15(17)18-9-13-3-2-4-13/h12-14H,2-11H2,1H3,(H3,17,18,19). The van der Waals surface area contributed by atoms with Gasteiger partial charge in [0.25, 0.3) is 0 Å². The Morgan fingerprint density at radius 1 is 1.29 bits per heavy atom. The fourth-order valence-electron chi connectivity index (χ4n) is 3.36. The van der Waals surface area contributed by atoms with Crippen molar-refractivity contribution in [3.8, 4) is 0 Å². The fraction of sp³-hybridized carbons (Fsp3) is 0.938. The SMILES string of the molecule is CC1CCC2(CC1)OCC(CNC(N)=NCC1CCC1)O2. The van der Waals surface area contributed by atoms with Gasteiger partial charge in [0.1, 0.15) is 6.10 Å². The summed E-state index contributed by atoms with van der Waals surface area (Å²) >= 11 is 0. The first-order chi connectivity index (χ1) is 10.2. The van der Waals surface area contributed by atoms with Gasteiger partial charge in [0.15, 0.2) is 11.7 Å². The lowest BCUT2D eigenvalue weighted by Crippen LogP contribution is -2.40. The maximum absolute atomic E-state index is 6.15. The van der Waals surface area contributed by atoms with E-state index in [1.54, 1.807) is 0 Å². The summed E-state index contributed by atoms with van der Waals surface area (Å²) in [5, 5.41) is 3.18. The van der Waals surface area contributed by atoms with Gasteiger partial charge in [0.05, 0.1) is 6.61 Å². The van der Waals surface area contributed by atoms with E-state index in [2.05, 4.69) is 17.2 Å². The third kappa shape index (κ3) is 3.89. The molecule has 3 fully saturated rings. The van der Waals surface area contributed by atoms with Crippen LogP contribution in [0.4, 0.5) is 0 Å². The second-order valence-electron chi connectivity index (χ2n) is 7.05. The van der Waals surface area contributed by atoms with E-state index in [0.29, 0.717) is 19.1 Å². The molecule has 0 aromatic rings. The highest BCUT2D eigenvalue weighted by atomic mass is 16.7. The zero-order valence-electron chi connectivity index (χ0n) is 13.1. The molecule has 0 bridgehead atoms. The van der Waals surface area contributed by atoms with Crippen LogP contribution in [-0.4, -0.2) is 37.5 Å². The highest BCUT2D eigenvalue weighted by Gasteiger charge is 2.43. The minimum atomic E-state index is -0.309. The normalized spacial score (nSPS) is 37.7. The van der Waals surface area contributed by atoms with Crippen molar-refractivity contribution in [3.05, 3.63) is 0 Å². The molecule has 1 atom stereocenters. The number of nitrogens with zero attached hydrogens (tertiary/aromatic N) is 1. The molecule has 1 heterocycles. The molecule has 2 aliphatic carbocycles. The summed E-state index contributed by atoms with van der Waals surface area (Å²) in [6.45, 7) is 4.53. The van der Waals surface area contributed by atoms with E-state index in [-0.39, 0.29) is 11.9 Å². The van der Waals surface area contributed by atoms with Crippen molar-refractivity contribution in [1.29, 1.82) is 0 Å². The molecular formula is C16H29N3O2. The Balaban J connectivity index is 1.38. The first kappa shape index (κ1) is 15.1. The largest absolute Gasteiger partial charge is 0.370 e. The molecule has 1 aliphatic heterocycles. The van der Waals surface area contributed by atoms with Gasteiger partial charge in [-0.2, -0.15) is 0 Å². The predicted molar refractivity (Wildman–Crippen MR) is 83.0 cm³/mol. The molecular weight excluding hydrogens is 266 g/mol. The third-order valence-electron chi connectivity index (χ3n) is 5.21. The van der Waals surface area contributed by atoms with Crippen molar-refractivity contribution in [3.63, 3.8) is 0 Å². The lowest BCUT2D eigenvalue weighted by Gasteiger charge is -2.34. The van der Waals surface area contributed by atoms with Crippen molar-refractivity contribution < 1.29 is 9.47 Å². The highest BCUT2D eigenvalue weighted by Crippen LogP contribution is 2.39. The number of guanidine groups is 1. The number of aliphatic imine (C=N–C) groups is 1. The summed E-state index contributed by atoms with van der Waals surface area (Å²) < 4.78 is 12.1. The molecule has 0 aromatic carbocycles. The zero-order valence-corrected chi connectivity index (χ0v) is 13.1. The Morgan fingerprint density at radius 2 is 2.05 bits per heavy atom. The fourth-order valence-corrected chi connectivity index (χ4v) is 3.36. The summed E-state index contributed by atoms with van der Waals surface area (Å²) in [6, 6.07) is 0. The monoisotopic (exact) mass is 295 g/mol. The number of nitrogens with two attached hydrogens (primary N) is 1. The average molecular weight is 295 g/mol. The van der Waals surface area contributed by atoms with Gasteiger partial charge in [-0.15, -0.1) is 0 Å². The van der Waals surface area contributed by atoms with Crippen molar-refractivity contribution >= 4 is 5.96 Å². The van der Waals surface area contributed by atoms with E-state index in [1.807, 2.05) is 0 Å². The molecule has 1 spiro atoms. The Kier molecular flexibility index (Phi) is 4.69. The lowest BCUT2D eigenvalue weighted by molar-refractivity contribution is -0.191. The first-order valence-electron chi connectivity index (χ1n) is 8.51. The Hall–Kier alpha value is -0.810. The van der Waals surface area contributed by atoms with E-state index >= 15 is 0 Å². The maximum Gasteiger partial charge on any atom is 0.188 e. The average Bonchev–Trinajstić information content (AvgIpc) is 2.82. The van der Waals surface area contributed by atoms with E-state index in [9.17, 15) is 0 Å². The van der Waals surface area contributed by atoms with Crippen LogP contribution in [0, 0.1) is 11.8 Å². The summed E-state index contributed by atoms with van der Waals surface area (Å²) in [7, 11) is 0. The number of rotatable bonds is 4. The van der Waals surface area contributed by atoms with Crippen molar-refractivity contribution in [2.24, 2.45) is 22.6 Å². The number of ether oxygens (including phenoxy) is 2. The summed E-state index contributed by atoms with van der Waals surface area (Å²) in [4.78, 5) is 4.41. The molecule has 1 saturated heterocycles. The summed E-state index contributed by atoms with van der Waals surface area (Å²) in [5.41, 5.74) is 5.91. The van der Waals surface area contributed by atoms with Gasteiger partial charge < -0.3 is 20.5 Å². The Morgan fingerprint density at radius 3 is 2.71 bits per heavy atom. The Bertz CT molecular complexity index is 374. The van der Waals surface area contributed by atoms with Crippen LogP contribution in [0.15, 0.2) is 4.99 Å². The molecule has 3 N–H and O–H groups in total. The van der Waals surface area contributed by atoms with Crippen LogP contribution in [0.2, 0.25) is 0 Å². The summed E-state index contributed by atoms with van der Waals surface area (Å²) in [5.74, 6) is 1.79. The van der Waals surface area contributed by atoms with Crippen LogP contribution in [0.1, 0.15) is 51.9 Å². The first-order valence-corrected chi connectivity index (χ1v) is 8.51. The van der Waals surface area contributed by atoms with E-state index < -0.39 is 0 Å². The molecule has 5 heteroatoms. The van der Waals surface area contributed by atoms with Gasteiger partial charge in [0.2, 0.25) is 0 Å². The molecule has 0 radical (unpaired) electrons. The van der Waals surface area contributed by atoms with Gasteiger partial charge in [-0.1, -0.05) is 13.3 Å². The molecule has 2 saturated carbocycles. The lowest BCUT2D eigenvalue weighted by atomic mass is 9.86. The number of nitrogens with one attached hydrogen (secondary N) is 1. The molecule has 0 aromatic heterocycles. The number of hydrogen-bond donors (Lipinski definition) is 2. The van der Waals surface area contributed by atoms with Gasteiger partial charge in [-0.25, -0.2) is 0 Å². The van der Waals surface area contributed by atoms with Crippen LogP contribution < -0.4 is 11.1 Å². The minimum absolute atomic E-state index is 0.0934. The molecule has 3 aliphatic rings. The predicted octanol–water partition coefficient (Wildman–Crippen LogP) is 2.01. The quantitative estimate of drug-likeness (QED) is 0.615. The Labute approximate surface area is 127 Å². The second kappa shape index (κ2) is 6.53. The molecule has 21 heavy (non-hydrogen) atoms. The van der Waals surface area contributed by atoms with Crippen LogP contribution >= 0.6 is 0 Å². The zero-order chi connectivity index (χ0) is 14.7. The topological polar surface area (TPSA) is 68.9 Å². The van der Waals surface area contributed by atoms with Crippen LogP contribution in [0.25, 0.3) is 0 Å². The molecule has 0 amide bonds. The molecule has 120 valence electrons. The number of hydrogen-bond acceptors (Lipinski definition) is 3.